The number of thiophene rings is 1. The predicted molar refractivity (Wildman–Crippen MR) is 126 cm³/mol. The van der Waals surface area contributed by atoms with Crippen LogP contribution in [0.5, 0.6) is 0 Å². The van der Waals surface area contributed by atoms with E-state index in [2.05, 4.69) is 11.4 Å². The maximum absolute atomic E-state index is 13.1. The highest BCUT2D eigenvalue weighted by atomic mass is 32.1. The molecule has 3 heterocycles. The lowest BCUT2D eigenvalue weighted by Gasteiger charge is -2.23. The van der Waals surface area contributed by atoms with Crippen LogP contribution in [0.15, 0.2) is 64.9 Å². The third kappa shape index (κ3) is 4.13. The lowest BCUT2D eigenvalue weighted by molar-refractivity contribution is -0.115. The highest BCUT2D eigenvalue weighted by Gasteiger charge is 2.16. The number of carbonyl (C=O) groups is 1. The van der Waals surface area contributed by atoms with E-state index < -0.39 is 0 Å². The van der Waals surface area contributed by atoms with Crippen LogP contribution in [0.4, 0.5) is 5.69 Å². The maximum atomic E-state index is 13.1. The third-order valence-corrected chi connectivity index (χ3v) is 7.01. The van der Waals surface area contributed by atoms with E-state index in [0.717, 1.165) is 42.4 Å². The average Bonchev–Trinajstić information content (AvgIpc) is 3.19. The number of aromatic nitrogens is 1. The van der Waals surface area contributed by atoms with Crippen LogP contribution in [-0.2, 0) is 22.5 Å². The molecule has 0 aliphatic carbocycles. The Morgan fingerprint density at radius 1 is 1.03 bits per heavy atom. The number of amides is 1. The summed E-state index contributed by atoms with van der Waals surface area (Å²) in [5.74, 6) is 0.384. The zero-order valence-electron chi connectivity index (χ0n) is 17.2. The fraction of sp³-hybridized carbons (Fsp3) is 0.280. The second kappa shape index (κ2) is 8.65. The van der Waals surface area contributed by atoms with Gasteiger partial charge in [0.15, 0.2) is 0 Å². The molecule has 0 atom stereocenters. The first-order valence-corrected chi connectivity index (χ1v) is 11.5. The number of anilines is 1. The molecule has 0 radical (unpaired) electrons. The van der Waals surface area contributed by atoms with Crippen LogP contribution in [0.2, 0.25) is 0 Å². The molecular weight excluding hydrogens is 408 g/mol. The van der Waals surface area contributed by atoms with Gasteiger partial charge in [-0.15, -0.1) is 11.3 Å². The van der Waals surface area contributed by atoms with Crippen molar-refractivity contribution in [2.75, 3.05) is 18.5 Å². The fourth-order valence-electron chi connectivity index (χ4n) is 4.32. The number of ether oxygens (including phenoxy) is 1. The lowest BCUT2D eigenvalue weighted by atomic mass is 10.00. The van der Waals surface area contributed by atoms with E-state index in [9.17, 15) is 9.59 Å². The maximum Gasteiger partial charge on any atom is 0.258 e. The van der Waals surface area contributed by atoms with Crippen molar-refractivity contribution < 1.29 is 9.53 Å². The number of nitrogens with zero attached hydrogens (tertiary/aromatic N) is 1. The molecule has 4 aromatic rings. The molecule has 2 aromatic heterocycles. The summed E-state index contributed by atoms with van der Waals surface area (Å²) >= 11 is 1.65. The number of rotatable bonds is 5. The summed E-state index contributed by atoms with van der Waals surface area (Å²) < 4.78 is 8.40. The molecule has 6 heteroatoms. The van der Waals surface area contributed by atoms with E-state index in [1.54, 1.807) is 15.9 Å². The van der Waals surface area contributed by atoms with Gasteiger partial charge < -0.3 is 14.6 Å². The monoisotopic (exact) mass is 432 g/mol. The number of pyridine rings is 1. The van der Waals surface area contributed by atoms with Gasteiger partial charge in [0.2, 0.25) is 5.91 Å². The summed E-state index contributed by atoms with van der Waals surface area (Å²) in [6.07, 6.45) is 4.12. The Hall–Kier alpha value is -2.96. The molecule has 2 aromatic carbocycles. The SMILES string of the molecule is O=C(Cc1csc2ccccc12)Nc1cccc2c(=O)n(CC3CCOCC3)ccc12. The Balaban J connectivity index is 1.37. The molecule has 5 nitrogen and oxygen atoms in total. The largest absolute Gasteiger partial charge is 0.381 e. The minimum atomic E-state index is -0.0811. The number of hydrogen-bond acceptors (Lipinski definition) is 4. The van der Waals surface area contributed by atoms with Crippen molar-refractivity contribution in [2.45, 2.75) is 25.8 Å². The van der Waals surface area contributed by atoms with E-state index in [-0.39, 0.29) is 11.5 Å². The molecule has 1 saturated heterocycles. The molecule has 1 amide bonds. The Kier molecular flexibility index (Phi) is 5.57. The summed E-state index contributed by atoms with van der Waals surface area (Å²) in [5, 5.41) is 7.59. The molecule has 31 heavy (non-hydrogen) atoms. The topological polar surface area (TPSA) is 60.3 Å². The van der Waals surface area contributed by atoms with Gasteiger partial charge in [0.25, 0.3) is 5.56 Å². The molecule has 158 valence electrons. The van der Waals surface area contributed by atoms with Crippen molar-refractivity contribution >= 4 is 43.8 Å². The molecule has 1 aliphatic rings. The summed E-state index contributed by atoms with van der Waals surface area (Å²) in [4.78, 5) is 25.8. The molecular formula is C25H24N2O3S. The second-order valence-corrected chi connectivity index (χ2v) is 8.99. The molecule has 0 saturated carbocycles. The van der Waals surface area contributed by atoms with Gasteiger partial charge in [-0.2, -0.15) is 0 Å². The van der Waals surface area contributed by atoms with Gasteiger partial charge in [0, 0.05) is 47.1 Å². The summed E-state index contributed by atoms with van der Waals surface area (Å²) in [6, 6.07) is 15.6. The number of carbonyl (C=O) groups excluding carboxylic acids is 1. The van der Waals surface area contributed by atoms with Crippen molar-refractivity contribution in [1.29, 1.82) is 0 Å². The van der Waals surface area contributed by atoms with Gasteiger partial charge in [-0.3, -0.25) is 9.59 Å². The summed E-state index contributed by atoms with van der Waals surface area (Å²) in [6.45, 7) is 2.24. The number of nitrogens with one attached hydrogen (secondary N) is 1. The van der Waals surface area contributed by atoms with E-state index >= 15 is 0 Å². The van der Waals surface area contributed by atoms with Crippen LogP contribution in [-0.4, -0.2) is 23.7 Å². The number of benzene rings is 2. The first-order chi connectivity index (χ1) is 15.2. The highest BCUT2D eigenvalue weighted by Crippen LogP contribution is 2.27. The van der Waals surface area contributed by atoms with Crippen molar-refractivity contribution in [3.8, 4) is 0 Å². The standard InChI is InChI=1S/C25H24N2O3S/c28-24(14-18-16-31-23-7-2-1-4-19(18)23)26-22-6-3-5-21-20(22)8-11-27(25(21)29)15-17-9-12-30-13-10-17/h1-8,11,16-17H,9-10,12-15H2,(H,26,28). The van der Waals surface area contributed by atoms with Crippen LogP contribution < -0.4 is 10.9 Å². The summed E-state index contributed by atoms with van der Waals surface area (Å²) in [7, 11) is 0. The Labute approximate surface area is 184 Å². The van der Waals surface area contributed by atoms with Crippen LogP contribution in [0.25, 0.3) is 20.9 Å². The van der Waals surface area contributed by atoms with Crippen molar-refractivity contribution in [2.24, 2.45) is 5.92 Å². The Morgan fingerprint density at radius 2 is 1.84 bits per heavy atom. The quantitative estimate of drug-likeness (QED) is 0.492. The van der Waals surface area contributed by atoms with E-state index in [1.165, 1.54) is 4.70 Å². The predicted octanol–water partition coefficient (Wildman–Crippen LogP) is 4.82. The molecule has 1 aliphatic heterocycles. The van der Waals surface area contributed by atoms with Crippen LogP contribution in [0.1, 0.15) is 18.4 Å². The Bertz CT molecular complexity index is 1300. The van der Waals surface area contributed by atoms with Crippen molar-refractivity contribution in [1.82, 2.24) is 4.57 Å². The van der Waals surface area contributed by atoms with E-state index in [0.29, 0.717) is 30.0 Å². The minimum absolute atomic E-state index is 0.0103. The van der Waals surface area contributed by atoms with E-state index in [1.807, 2.05) is 54.0 Å². The fourth-order valence-corrected chi connectivity index (χ4v) is 5.28. The van der Waals surface area contributed by atoms with Crippen molar-refractivity contribution in [3.05, 3.63) is 76.0 Å². The zero-order chi connectivity index (χ0) is 21.2. The number of fused-ring (bicyclic) bond motifs is 2. The number of hydrogen-bond donors (Lipinski definition) is 1. The van der Waals surface area contributed by atoms with Crippen LogP contribution in [0, 0.1) is 5.92 Å². The molecule has 0 bridgehead atoms. The highest BCUT2D eigenvalue weighted by molar-refractivity contribution is 7.17. The lowest BCUT2D eigenvalue weighted by Crippen LogP contribution is -2.27. The van der Waals surface area contributed by atoms with Gasteiger partial charge in [-0.05, 0) is 59.4 Å². The summed E-state index contributed by atoms with van der Waals surface area (Å²) in [5.41, 5.74) is 1.69. The first kappa shape index (κ1) is 20.0. The third-order valence-electron chi connectivity index (χ3n) is 6.00. The van der Waals surface area contributed by atoms with Gasteiger partial charge in [0.1, 0.15) is 0 Å². The molecule has 1 fully saturated rings. The van der Waals surface area contributed by atoms with Crippen LogP contribution >= 0.6 is 11.3 Å². The van der Waals surface area contributed by atoms with Gasteiger partial charge >= 0.3 is 0 Å². The zero-order valence-corrected chi connectivity index (χ0v) is 18.0. The molecule has 0 spiro atoms. The molecule has 1 N–H and O–H groups in total. The Morgan fingerprint density at radius 3 is 2.71 bits per heavy atom. The smallest absolute Gasteiger partial charge is 0.258 e. The molecule has 5 rings (SSSR count). The van der Waals surface area contributed by atoms with Gasteiger partial charge in [-0.1, -0.05) is 24.3 Å². The minimum Gasteiger partial charge on any atom is -0.381 e. The van der Waals surface area contributed by atoms with Crippen molar-refractivity contribution in [3.63, 3.8) is 0 Å². The normalized spacial score (nSPS) is 14.8. The average molecular weight is 433 g/mol. The van der Waals surface area contributed by atoms with E-state index in [4.69, 9.17) is 4.74 Å². The van der Waals surface area contributed by atoms with Gasteiger partial charge in [0.05, 0.1) is 6.42 Å². The van der Waals surface area contributed by atoms with Crippen LogP contribution in [0.3, 0.4) is 0 Å². The van der Waals surface area contributed by atoms with Gasteiger partial charge in [-0.25, -0.2) is 0 Å². The second-order valence-electron chi connectivity index (χ2n) is 8.08. The molecule has 0 unspecified atom stereocenters. The first-order valence-electron chi connectivity index (χ1n) is 10.6.